The third kappa shape index (κ3) is 2.89. The predicted molar refractivity (Wildman–Crippen MR) is 105 cm³/mol. The highest BCUT2D eigenvalue weighted by Crippen LogP contribution is 2.52. The van der Waals surface area contributed by atoms with Crippen molar-refractivity contribution in [3.8, 4) is 5.75 Å². The van der Waals surface area contributed by atoms with Crippen LogP contribution in [-0.2, 0) is 20.9 Å². The van der Waals surface area contributed by atoms with Crippen LogP contribution >= 0.6 is 0 Å². The van der Waals surface area contributed by atoms with Gasteiger partial charge in [0.05, 0.1) is 31.6 Å². The van der Waals surface area contributed by atoms with Gasteiger partial charge < -0.3 is 19.7 Å². The Morgan fingerprint density at radius 2 is 2.03 bits per heavy atom. The lowest BCUT2D eigenvalue weighted by molar-refractivity contribution is -0.136. The van der Waals surface area contributed by atoms with Gasteiger partial charge in [0, 0.05) is 24.6 Å². The monoisotopic (exact) mass is 391 g/mol. The third-order valence-corrected chi connectivity index (χ3v) is 5.96. The number of aromatic nitrogens is 1. The Morgan fingerprint density at radius 3 is 2.76 bits per heavy atom. The average Bonchev–Trinajstić information content (AvgIpc) is 3.38. The molecule has 7 nitrogen and oxygen atoms in total. The van der Waals surface area contributed by atoms with Crippen LogP contribution in [0.15, 0.2) is 60.9 Å². The molecule has 3 aliphatic rings. The number of nitrogens with zero attached hydrogens (tertiary/aromatic N) is 2. The summed E-state index contributed by atoms with van der Waals surface area (Å²) in [6.45, 7) is 0.937. The second kappa shape index (κ2) is 6.70. The average molecular weight is 391 g/mol. The zero-order chi connectivity index (χ0) is 20.0. The Hall–Kier alpha value is -3.19. The number of hydrogen-bond donors (Lipinski definition) is 1. The van der Waals surface area contributed by atoms with E-state index in [4.69, 9.17) is 9.47 Å². The fourth-order valence-electron chi connectivity index (χ4n) is 4.62. The van der Waals surface area contributed by atoms with Gasteiger partial charge in [-0.05, 0) is 42.0 Å². The van der Waals surface area contributed by atoms with Crippen molar-refractivity contribution in [3.63, 3.8) is 0 Å². The molecule has 2 aromatic rings. The smallest absolute Gasteiger partial charge is 0.231 e. The maximum Gasteiger partial charge on any atom is 0.231 e. The molecule has 29 heavy (non-hydrogen) atoms. The number of benzene rings is 1. The Labute approximate surface area is 168 Å². The lowest BCUT2D eigenvalue weighted by Gasteiger charge is -2.23. The van der Waals surface area contributed by atoms with Crippen molar-refractivity contribution >= 4 is 17.5 Å². The molecule has 2 bridgehead atoms. The molecule has 0 saturated carbocycles. The largest absolute Gasteiger partial charge is 0.497 e. The molecule has 0 radical (unpaired) electrons. The van der Waals surface area contributed by atoms with E-state index >= 15 is 0 Å². The Balaban J connectivity index is 1.36. The van der Waals surface area contributed by atoms with Crippen LogP contribution in [0.25, 0.3) is 0 Å². The Bertz CT molecular complexity index is 975. The maximum atomic E-state index is 13.2. The first kappa shape index (κ1) is 17.9. The molecule has 5 rings (SSSR count). The van der Waals surface area contributed by atoms with Crippen LogP contribution in [0.3, 0.4) is 0 Å². The standard InChI is InChI=1S/C22H21N3O4/c1-28-16-4-2-15(3-5-16)24-20(26)18-17-6-9-22(29-17)13-25(21(27)19(18)22)12-14-7-10-23-11-8-14/h2-11,17-19H,12-13H2,1H3,(H,24,26)/t17-,18+,19-,22-/m1/s1. The van der Waals surface area contributed by atoms with E-state index in [0.717, 1.165) is 5.56 Å². The molecule has 7 heteroatoms. The summed E-state index contributed by atoms with van der Waals surface area (Å²) >= 11 is 0. The molecule has 1 aromatic heterocycles. The second-order valence-corrected chi connectivity index (χ2v) is 7.67. The first-order valence-electron chi connectivity index (χ1n) is 9.59. The lowest BCUT2D eigenvalue weighted by atomic mass is 9.77. The minimum absolute atomic E-state index is 0.0384. The number of hydrogen-bond acceptors (Lipinski definition) is 5. The van der Waals surface area contributed by atoms with Gasteiger partial charge in [0.2, 0.25) is 11.8 Å². The highest BCUT2D eigenvalue weighted by atomic mass is 16.5. The molecule has 2 saturated heterocycles. The number of fused-ring (bicyclic) bond motifs is 1. The van der Waals surface area contributed by atoms with Crippen LogP contribution in [0.2, 0.25) is 0 Å². The van der Waals surface area contributed by atoms with Crippen LogP contribution in [0.4, 0.5) is 5.69 Å². The SMILES string of the molecule is COc1ccc(NC(=O)[C@H]2[C@H]3C=C[C@]4(CN(Cc5ccncc5)C(=O)[C@@H]24)O3)cc1. The van der Waals surface area contributed by atoms with Crippen LogP contribution in [-0.4, -0.2) is 47.1 Å². The van der Waals surface area contributed by atoms with Gasteiger partial charge in [0.25, 0.3) is 0 Å². The van der Waals surface area contributed by atoms with E-state index in [1.807, 2.05) is 24.3 Å². The van der Waals surface area contributed by atoms with Gasteiger partial charge in [-0.2, -0.15) is 0 Å². The molecular formula is C22H21N3O4. The predicted octanol–water partition coefficient (Wildman–Crippen LogP) is 2.01. The van der Waals surface area contributed by atoms with Crippen molar-refractivity contribution in [2.75, 3.05) is 19.0 Å². The number of likely N-dealkylation sites (tertiary alicyclic amines) is 1. The number of amides is 2. The highest BCUT2D eigenvalue weighted by molar-refractivity contribution is 5.99. The third-order valence-electron chi connectivity index (χ3n) is 5.96. The normalized spacial score (nSPS) is 29.2. The zero-order valence-electron chi connectivity index (χ0n) is 15.9. The number of pyridine rings is 1. The summed E-state index contributed by atoms with van der Waals surface area (Å²) in [7, 11) is 1.59. The molecule has 0 aliphatic carbocycles. The summed E-state index contributed by atoms with van der Waals surface area (Å²) in [5.74, 6) is -0.570. The van der Waals surface area contributed by atoms with Crippen LogP contribution < -0.4 is 10.1 Å². The minimum Gasteiger partial charge on any atom is -0.497 e. The molecule has 148 valence electrons. The first-order chi connectivity index (χ1) is 14.1. The number of carbonyl (C=O) groups is 2. The van der Waals surface area contributed by atoms with Crippen LogP contribution in [0.5, 0.6) is 5.75 Å². The molecule has 2 amide bonds. The van der Waals surface area contributed by atoms with E-state index in [-0.39, 0.29) is 17.9 Å². The Kier molecular flexibility index (Phi) is 4.13. The van der Waals surface area contributed by atoms with E-state index in [9.17, 15) is 9.59 Å². The zero-order valence-corrected chi connectivity index (χ0v) is 15.9. The fourth-order valence-corrected chi connectivity index (χ4v) is 4.62. The van der Waals surface area contributed by atoms with E-state index in [1.54, 1.807) is 48.7 Å². The summed E-state index contributed by atoms with van der Waals surface area (Å²) in [4.78, 5) is 32.1. The molecule has 4 heterocycles. The molecule has 0 unspecified atom stereocenters. The number of nitrogens with one attached hydrogen (secondary N) is 1. The van der Waals surface area contributed by atoms with Gasteiger partial charge in [-0.25, -0.2) is 0 Å². The molecule has 1 spiro atoms. The highest BCUT2D eigenvalue weighted by Gasteiger charge is 2.66. The molecule has 4 atom stereocenters. The van der Waals surface area contributed by atoms with Crippen molar-refractivity contribution < 1.29 is 19.1 Å². The van der Waals surface area contributed by atoms with Crippen molar-refractivity contribution in [1.82, 2.24) is 9.88 Å². The summed E-state index contributed by atoms with van der Waals surface area (Å²) < 4.78 is 11.3. The van der Waals surface area contributed by atoms with Crippen molar-refractivity contribution in [3.05, 3.63) is 66.5 Å². The molecule has 1 N–H and O–H groups in total. The first-order valence-corrected chi connectivity index (χ1v) is 9.59. The van der Waals surface area contributed by atoms with Crippen LogP contribution in [0.1, 0.15) is 5.56 Å². The van der Waals surface area contributed by atoms with Gasteiger partial charge in [0.15, 0.2) is 0 Å². The Morgan fingerprint density at radius 1 is 1.28 bits per heavy atom. The number of anilines is 1. The van der Waals surface area contributed by atoms with Gasteiger partial charge >= 0.3 is 0 Å². The van der Waals surface area contributed by atoms with E-state index in [1.165, 1.54) is 0 Å². The lowest BCUT2D eigenvalue weighted by Crippen LogP contribution is -2.41. The number of ether oxygens (including phenoxy) is 2. The van der Waals surface area contributed by atoms with E-state index < -0.39 is 17.4 Å². The molecule has 3 aliphatic heterocycles. The number of methoxy groups -OCH3 is 1. The van der Waals surface area contributed by atoms with Crippen molar-refractivity contribution in [1.29, 1.82) is 0 Å². The van der Waals surface area contributed by atoms with Crippen molar-refractivity contribution in [2.24, 2.45) is 11.8 Å². The molecular weight excluding hydrogens is 370 g/mol. The number of carbonyl (C=O) groups excluding carboxylic acids is 2. The minimum atomic E-state index is -0.712. The van der Waals surface area contributed by atoms with Crippen molar-refractivity contribution in [2.45, 2.75) is 18.2 Å². The quantitative estimate of drug-likeness (QED) is 0.789. The van der Waals surface area contributed by atoms with E-state index in [2.05, 4.69) is 10.3 Å². The summed E-state index contributed by atoms with van der Waals surface area (Å²) in [6, 6.07) is 10.9. The second-order valence-electron chi connectivity index (χ2n) is 7.67. The summed E-state index contributed by atoms with van der Waals surface area (Å²) in [5.41, 5.74) is 0.953. The van der Waals surface area contributed by atoms with E-state index in [0.29, 0.717) is 24.5 Å². The summed E-state index contributed by atoms with van der Waals surface area (Å²) in [5, 5.41) is 2.93. The molecule has 2 fully saturated rings. The van der Waals surface area contributed by atoms with Gasteiger partial charge in [-0.15, -0.1) is 0 Å². The van der Waals surface area contributed by atoms with Gasteiger partial charge in [-0.1, -0.05) is 12.2 Å². The summed E-state index contributed by atoms with van der Waals surface area (Å²) in [6.07, 6.45) is 6.93. The topological polar surface area (TPSA) is 80.8 Å². The fraction of sp³-hybridized carbons (Fsp3) is 0.318. The van der Waals surface area contributed by atoms with Crippen LogP contribution in [0, 0.1) is 11.8 Å². The maximum absolute atomic E-state index is 13.2. The van der Waals surface area contributed by atoms with Gasteiger partial charge in [0.1, 0.15) is 11.4 Å². The number of rotatable bonds is 5. The van der Waals surface area contributed by atoms with Gasteiger partial charge in [-0.3, -0.25) is 14.6 Å². The molecule has 1 aromatic carbocycles.